The molecule has 19 heavy (non-hydrogen) atoms. The molecule has 0 bridgehead atoms. The predicted molar refractivity (Wildman–Crippen MR) is 79.1 cm³/mol. The van der Waals surface area contributed by atoms with E-state index in [4.69, 9.17) is 0 Å². The average molecular weight is 323 g/mol. The van der Waals surface area contributed by atoms with Crippen molar-refractivity contribution in [1.29, 1.82) is 0 Å². The molecule has 1 aliphatic carbocycles. The summed E-state index contributed by atoms with van der Waals surface area (Å²) in [7, 11) is 0. The van der Waals surface area contributed by atoms with Crippen molar-refractivity contribution in [3.63, 3.8) is 0 Å². The number of nitrogens with zero attached hydrogens (tertiary/aromatic N) is 1. The van der Waals surface area contributed by atoms with E-state index in [0.717, 1.165) is 36.9 Å². The second-order valence-corrected chi connectivity index (χ2v) is 6.61. The Morgan fingerprint density at radius 1 is 1.37 bits per heavy atom. The lowest BCUT2D eigenvalue weighted by Gasteiger charge is -2.34. The van der Waals surface area contributed by atoms with Gasteiger partial charge in [0.2, 0.25) is 5.91 Å². The van der Waals surface area contributed by atoms with Gasteiger partial charge in [-0.1, -0.05) is 28.1 Å². The summed E-state index contributed by atoms with van der Waals surface area (Å²) >= 11 is 3.45. The Morgan fingerprint density at radius 2 is 2.05 bits per heavy atom. The Balaban J connectivity index is 1.80. The van der Waals surface area contributed by atoms with E-state index in [9.17, 15) is 4.79 Å². The van der Waals surface area contributed by atoms with Crippen LogP contribution >= 0.6 is 15.9 Å². The van der Waals surface area contributed by atoms with Crippen LogP contribution in [0, 0.1) is 0 Å². The Labute approximate surface area is 122 Å². The molecule has 1 aromatic carbocycles. The Bertz CT molecular complexity index is 481. The normalized spacial score (nSPS) is 25.2. The quantitative estimate of drug-likeness (QED) is 0.906. The zero-order valence-electron chi connectivity index (χ0n) is 11.2. The summed E-state index contributed by atoms with van der Waals surface area (Å²) in [5, 5.41) is 3.39. The highest BCUT2D eigenvalue weighted by molar-refractivity contribution is 9.10. The van der Waals surface area contributed by atoms with Crippen molar-refractivity contribution in [1.82, 2.24) is 10.2 Å². The van der Waals surface area contributed by atoms with Gasteiger partial charge < -0.3 is 10.2 Å². The highest BCUT2D eigenvalue weighted by atomic mass is 79.9. The van der Waals surface area contributed by atoms with Crippen molar-refractivity contribution in [3.05, 3.63) is 34.3 Å². The van der Waals surface area contributed by atoms with E-state index < -0.39 is 0 Å². The van der Waals surface area contributed by atoms with Crippen LogP contribution in [-0.4, -0.2) is 36.5 Å². The molecule has 2 aliphatic rings. The summed E-state index contributed by atoms with van der Waals surface area (Å²) in [6.07, 6.45) is 1.98. The van der Waals surface area contributed by atoms with Gasteiger partial charge in [0, 0.05) is 30.1 Å². The molecule has 1 saturated carbocycles. The van der Waals surface area contributed by atoms with Gasteiger partial charge in [0.25, 0.3) is 0 Å². The number of carbonyl (C=O) groups is 1. The third-order valence-electron chi connectivity index (χ3n) is 4.21. The fourth-order valence-corrected chi connectivity index (χ4v) is 3.20. The van der Waals surface area contributed by atoms with Crippen molar-refractivity contribution in [2.75, 3.05) is 19.6 Å². The largest absolute Gasteiger partial charge is 0.339 e. The van der Waals surface area contributed by atoms with Gasteiger partial charge in [-0.15, -0.1) is 0 Å². The van der Waals surface area contributed by atoms with Crippen LogP contribution in [0.25, 0.3) is 0 Å². The van der Waals surface area contributed by atoms with Crippen LogP contribution in [0.2, 0.25) is 0 Å². The highest BCUT2D eigenvalue weighted by Gasteiger charge is 2.53. The van der Waals surface area contributed by atoms with Gasteiger partial charge in [-0.25, -0.2) is 0 Å². The van der Waals surface area contributed by atoms with E-state index in [1.54, 1.807) is 0 Å². The van der Waals surface area contributed by atoms with E-state index in [0.29, 0.717) is 11.9 Å². The second-order valence-electron chi connectivity index (χ2n) is 5.70. The van der Waals surface area contributed by atoms with Crippen molar-refractivity contribution in [2.24, 2.45) is 0 Å². The standard InChI is InChI=1S/C15H19BrN2O/c1-11-10-18(9-8-17-11)14(19)15(6-7-15)12-2-4-13(16)5-3-12/h2-5,11,17H,6-10H2,1H3. The first-order valence-electron chi connectivity index (χ1n) is 6.91. The van der Waals surface area contributed by atoms with Crippen LogP contribution in [0.3, 0.4) is 0 Å². The summed E-state index contributed by atoms with van der Waals surface area (Å²) in [6, 6.07) is 8.63. The molecule has 1 heterocycles. The molecule has 1 amide bonds. The van der Waals surface area contributed by atoms with Crippen LogP contribution in [0.15, 0.2) is 28.7 Å². The highest BCUT2D eigenvalue weighted by Crippen LogP contribution is 2.49. The Hall–Kier alpha value is -0.870. The van der Waals surface area contributed by atoms with Gasteiger partial charge in [-0.3, -0.25) is 4.79 Å². The first kappa shape index (κ1) is 13.1. The maximum absolute atomic E-state index is 12.8. The van der Waals surface area contributed by atoms with E-state index in [-0.39, 0.29) is 5.41 Å². The number of rotatable bonds is 2. The summed E-state index contributed by atoms with van der Waals surface area (Å²) in [4.78, 5) is 14.8. The van der Waals surface area contributed by atoms with Crippen LogP contribution in [-0.2, 0) is 10.2 Å². The fraction of sp³-hybridized carbons (Fsp3) is 0.533. The van der Waals surface area contributed by atoms with Gasteiger partial charge in [0.15, 0.2) is 0 Å². The van der Waals surface area contributed by atoms with Crippen molar-refractivity contribution >= 4 is 21.8 Å². The number of carbonyl (C=O) groups excluding carboxylic acids is 1. The van der Waals surface area contributed by atoms with Crippen LogP contribution in [0.1, 0.15) is 25.3 Å². The smallest absolute Gasteiger partial charge is 0.233 e. The summed E-state index contributed by atoms with van der Waals surface area (Å²) < 4.78 is 1.07. The Kier molecular flexibility index (Phi) is 3.39. The van der Waals surface area contributed by atoms with Crippen molar-refractivity contribution in [3.8, 4) is 0 Å². The molecular weight excluding hydrogens is 304 g/mol. The molecule has 4 heteroatoms. The molecule has 1 N–H and O–H groups in total. The second kappa shape index (κ2) is 4.91. The first-order valence-corrected chi connectivity index (χ1v) is 7.70. The molecule has 1 aromatic rings. The van der Waals surface area contributed by atoms with Crippen LogP contribution in [0.5, 0.6) is 0 Å². The Morgan fingerprint density at radius 3 is 2.63 bits per heavy atom. The molecule has 0 spiro atoms. The van der Waals surface area contributed by atoms with Crippen LogP contribution in [0.4, 0.5) is 0 Å². The van der Waals surface area contributed by atoms with Crippen molar-refractivity contribution < 1.29 is 4.79 Å². The number of hydrogen-bond donors (Lipinski definition) is 1. The summed E-state index contributed by atoms with van der Waals surface area (Å²) in [5.74, 6) is 0.322. The minimum absolute atomic E-state index is 0.224. The summed E-state index contributed by atoms with van der Waals surface area (Å²) in [6.45, 7) is 4.71. The maximum atomic E-state index is 12.8. The third kappa shape index (κ3) is 2.43. The summed E-state index contributed by atoms with van der Waals surface area (Å²) in [5.41, 5.74) is 0.949. The minimum Gasteiger partial charge on any atom is -0.339 e. The van der Waals surface area contributed by atoms with E-state index in [1.165, 1.54) is 5.56 Å². The minimum atomic E-state index is -0.224. The molecule has 1 unspecified atom stereocenters. The number of piperazine rings is 1. The molecule has 3 nitrogen and oxygen atoms in total. The van der Waals surface area contributed by atoms with Gasteiger partial charge in [-0.2, -0.15) is 0 Å². The lowest BCUT2D eigenvalue weighted by atomic mass is 9.94. The van der Waals surface area contributed by atoms with Crippen LogP contribution < -0.4 is 5.32 Å². The first-order chi connectivity index (χ1) is 9.12. The molecule has 2 fully saturated rings. The molecule has 1 atom stereocenters. The number of nitrogens with one attached hydrogen (secondary N) is 1. The molecule has 102 valence electrons. The van der Waals surface area contributed by atoms with Gasteiger partial charge in [0.05, 0.1) is 5.41 Å². The topological polar surface area (TPSA) is 32.3 Å². The number of amides is 1. The lowest BCUT2D eigenvalue weighted by molar-refractivity contribution is -0.135. The monoisotopic (exact) mass is 322 g/mol. The molecule has 0 radical (unpaired) electrons. The van der Waals surface area contributed by atoms with Gasteiger partial charge >= 0.3 is 0 Å². The van der Waals surface area contributed by atoms with E-state index >= 15 is 0 Å². The predicted octanol–water partition coefficient (Wildman–Crippen LogP) is 2.30. The molecule has 1 saturated heterocycles. The zero-order valence-corrected chi connectivity index (χ0v) is 12.7. The average Bonchev–Trinajstić information content (AvgIpc) is 3.20. The third-order valence-corrected chi connectivity index (χ3v) is 4.74. The van der Waals surface area contributed by atoms with Gasteiger partial charge in [-0.05, 0) is 37.5 Å². The lowest BCUT2D eigenvalue weighted by Crippen LogP contribution is -2.53. The van der Waals surface area contributed by atoms with E-state index in [1.807, 2.05) is 17.0 Å². The molecule has 0 aromatic heterocycles. The van der Waals surface area contributed by atoms with Crippen molar-refractivity contribution in [2.45, 2.75) is 31.2 Å². The molecule has 1 aliphatic heterocycles. The fourth-order valence-electron chi connectivity index (χ4n) is 2.94. The molecular formula is C15H19BrN2O. The SMILES string of the molecule is CC1CN(C(=O)C2(c3ccc(Br)cc3)CC2)CCN1. The zero-order chi connectivity index (χ0) is 13.5. The number of halogens is 1. The number of hydrogen-bond acceptors (Lipinski definition) is 2. The maximum Gasteiger partial charge on any atom is 0.233 e. The molecule has 3 rings (SSSR count). The van der Waals surface area contributed by atoms with E-state index in [2.05, 4.69) is 40.3 Å². The number of benzene rings is 1. The van der Waals surface area contributed by atoms with Gasteiger partial charge in [0.1, 0.15) is 0 Å².